The second kappa shape index (κ2) is 6.92. The van der Waals surface area contributed by atoms with Crippen LogP contribution in [0, 0.1) is 11.3 Å². The number of hydrogen-bond donors (Lipinski definition) is 2. The SMILES string of the molecule is CC(C)(C)OC(=O)N[C@@H](Cc1ccccc1)C(O)C#N. The molecule has 20 heavy (non-hydrogen) atoms. The highest BCUT2D eigenvalue weighted by molar-refractivity contribution is 5.68. The van der Waals surface area contributed by atoms with E-state index in [0.717, 1.165) is 5.56 Å². The van der Waals surface area contributed by atoms with Gasteiger partial charge in [-0.2, -0.15) is 5.26 Å². The number of alkyl carbamates (subject to hydrolysis) is 1. The number of nitrogens with zero attached hydrogens (tertiary/aromatic N) is 1. The first kappa shape index (κ1) is 16.0. The van der Waals surface area contributed by atoms with Crippen molar-refractivity contribution >= 4 is 6.09 Å². The van der Waals surface area contributed by atoms with Gasteiger partial charge in [-0.05, 0) is 32.8 Å². The van der Waals surface area contributed by atoms with Crippen molar-refractivity contribution in [3.05, 3.63) is 35.9 Å². The van der Waals surface area contributed by atoms with Crippen molar-refractivity contribution in [1.82, 2.24) is 5.32 Å². The summed E-state index contributed by atoms with van der Waals surface area (Å²) in [6, 6.07) is 10.4. The second-order valence-electron chi connectivity index (χ2n) is 5.52. The molecule has 0 fully saturated rings. The molecule has 1 aromatic carbocycles. The predicted octanol–water partition coefficient (Wildman–Crippen LogP) is 2.01. The molecule has 2 atom stereocenters. The van der Waals surface area contributed by atoms with Gasteiger partial charge in [-0.1, -0.05) is 30.3 Å². The maximum absolute atomic E-state index is 11.7. The van der Waals surface area contributed by atoms with Crippen molar-refractivity contribution in [3.8, 4) is 6.07 Å². The lowest BCUT2D eigenvalue weighted by Gasteiger charge is -2.24. The Hall–Kier alpha value is -2.06. The molecule has 1 unspecified atom stereocenters. The maximum atomic E-state index is 11.7. The van der Waals surface area contributed by atoms with Gasteiger partial charge in [0.25, 0.3) is 0 Å². The molecule has 2 N–H and O–H groups in total. The molecule has 0 aliphatic rings. The standard InChI is InChI=1S/C15H20N2O3/c1-15(2,3)20-14(19)17-12(13(18)10-16)9-11-7-5-4-6-8-11/h4-8,12-13,18H,9H2,1-3H3,(H,17,19)/t12-,13?/m0/s1. The Morgan fingerprint density at radius 2 is 2.00 bits per heavy atom. The quantitative estimate of drug-likeness (QED) is 0.824. The fourth-order valence-electron chi connectivity index (χ4n) is 1.66. The van der Waals surface area contributed by atoms with Gasteiger partial charge in [-0.25, -0.2) is 4.79 Å². The molecule has 5 heteroatoms. The van der Waals surface area contributed by atoms with Gasteiger partial charge in [0.1, 0.15) is 5.60 Å². The number of ether oxygens (including phenoxy) is 1. The van der Waals surface area contributed by atoms with Gasteiger partial charge < -0.3 is 15.2 Å². The second-order valence-corrected chi connectivity index (χ2v) is 5.52. The number of nitriles is 1. The molecular formula is C15H20N2O3. The normalized spacial score (nSPS) is 13.9. The van der Waals surface area contributed by atoms with Crippen LogP contribution in [-0.4, -0.2) is 28.9 Å². The summed E-state index contributed by atoms with van der Waals surface area (Å²) in [4.78, 5) is 11.7. The Bertz CT molecular complexity index is 474. The fourth-order valence-corrected chi connectivity index (χ4v) is 1.66. The van der Waals surface area contributed by atoms with Gasteiger partial charge >= 0.3 is 6.09 Å². The summed E-state index contributed by atoms with van der Waals surface area (Å²) in [6.07, 6.45) is -1.58. The molecule has 0 aromatic heterocycles. The first-order valence-corrected chi connectivity index (χ1v) is 6.43. The van der Waals surface area contributed by atoms with E-state index in [0.29, 0.717) is 6.42 Å². The molecule has 1 amide bonds. The van der Waals surface area contributed by atoms with Crippen molar-refractivity contribution in [2.24, 2.45) is 0 Å². The van der Waals surface area contributed by atoms with E-state index in [1.807, 2.05) is 30.3 Å². The zero-order chi connectivity index (χ0) is 15.2. The molecule has 0 heterocycles. The Kier molecular flexibility index (Phi) is 5.53. The van der Waals surface area contributed by atoms with Crippen LogP contribution >= 0.6 is 0 Å². The van der Waals surface area contributed by atoms with Gasteiger partial charge in [0.05, 0.1) is 12.1 Å². The molecule has 0 radical (unpaired) electrons. The molecular weight excluding hydrogens is 256 g/mol. The van der Waals surface area contributed by atoms with Crippen LogP contribution in [-0.2, 0) is 11.2 Å². The van der Waals surface area contributed by atoms with E-state index < -0.39 is 23.8 Å². The van der Waals surface area contributed by atoms with E-state index in [-0.39, 0.29) is 0 Å². The monoisotopic (exact) mass is 276 g/mol. The lowest BCUT2D eigenvalue weighted by atomic mass is 10.0. The topological polar surface area (TPSA) is 82.3 Å². The third kappa shape index (κ3) is 5.72. The number of benzene rings is 1. The summed E-state index contributed by atoms with van der Waals surface area (Å²) in [5, 5.41) is 21.1. The van der Waals surface area contributed by atoms with Crippen LogP contribution in [0.5, 0.6) is 0 Å². The van der Waals surface area contributed by atoms with Crippen LogP contribution in [0.1, 0.15) is 26.3 Å². The van der Waals surface area contributed by atoms with Crippen molar-refractivity contribution in [2.45, 2.75) is 44.9 Å². The van der Waals surface area contributed by atoms with Crippen LogP contribution in [0.15, 0.2) is 30.3 Å². The van der Waals surface area contributed by atoms with Crippen LogP contribution in [0.2, 0.25) is 0 Å². The third-order valence-corrected chi connectivity index (χ3v) is 2.51. The third-order valence-electron chi connectivity index (χ3n) is 2.51. The fraction of sp³-hybridized carbons (Fsp3) is 0.467. The number of carbonyl (C=O) groups is 1. The van der Waals surface area contributed by atoms with Crippen LogP contribution < -0.4 is 5.32 Å². The lowest BCUT2D eigenvalue weighted by molar-refractivity contribution is 0.0459. The Labute approximate surface area is 119 Å². The zero-order valence-electron chi connectivity index (χ0n) is 12.0. The van der Waals surface area contributed by atoms with Gasteiger partial charge in [0.15, 0.2) is 6.10 Å². The molecule has 1 rings (SSSR count). The Morgan fingerprint density at radius 3 is 2.50 bits per heavy atom. The van der Waals surface area contributed by atoms with Crippen LogP contribution in [0.4, 0.5) is 4.79 Å². The molecule has 0 bridgehead atoms. The summed E-state index contributed by atoms with van der Waals surface area (Å²) in [6.45, 7) is 5.25. The zero-order valence-corrected chi connectivity index (χ0v) is 12.0. The highest BCUT2D eigenvalue weighted by atomic mass is 16.6. The van der Waals surface area contributed by atoms with Gasteiger partial charge in [0, 0.05) is 0 Å². The number of carbonyl (C=O) groups excluding carboxylic acids is 1. The number of aliphatic hydroxyl groups is 1. The number of amides is 1. The largest absolute Gasteiger partial charge is 0.444 e. The van der Waals surface area contributed by atoms with Crippen molar-refractivity contribution in [1.29, 1.82) is 5.26 Å². The minimum absolute atomic E-state index is 0.356. The summed E-state index contributed by atoms with van der Waals surface area (Å²) in [5.41, 5.74) is 0.293. The minimum atomic E-state index is -1.29. The number of nitrogens with one attached hydrogen (secondary N) is 1. The number of hydrogen-bond acceptors (Lipinski definition) is 4. The molecule has 108 valence electrons. The molecule has 0 saturated heterocycles. The van der Waals surface area contributed by atoms with E-state index >= 15 is 0 Å². The number of rotatable bonds is 4. The molecule has 0 aliphatic heterocycles. The maximum Gasteiger partial charge on any atom is 0.408 e. The van der Waals surface area contributed by atoms with E-state index in [2.05, 4.69) is 5.32 Å². The van der Waals surface area contributed by atoms with Gasteiger partial charge in [-0.15, -0.1) is 0 Å². The molecule has 5 nitrogen and oxygen atoms in total. The van der Waals surface area contributed by atoms with Crippen molar-refractivity contribution < 1.29 is 14.6 Å². The molecule has 0 spiro atoms. The van der Waals surface area contributed by atoms with E-state index in [9.17, 15) is 9.90 Å². The number of aliphatic hydroxyl groups excluding tert-OH is 1. The van der Waals surface area contributed by atoms with Crippen LogP contribution in [0.3, 0.4) is 0 Å². The minimum Gasteiger partial charge on any atom is -0.444 e. The first-order valence-electron chi connectivity index (χ1n) is 6.43. The molecule has 0 aliphatic carbocycles. The van der Waals surface area contributed by atoms with E-state index in [4.69, 9.17) is 10.00 Å². The summed E-state index contributed by atoms with van der Waals surface area (Å²) < 4.78 is 5.13. The highest BCUT2D eigenvalue weighted by Gasteiger charge is 2.24. The smallest absolute Gasteiger partial charge is 0.408 e. The van der Waals surface area contributed by atoms with Crippen molar-refractivity contribution in [3.63, 3.8) is 0 Å². The Morgan fingerprint density at radius 1 is 1.40 bits per heavy atom. The van der Waals surface area contributed by atoms with Crippen LogP contribution in [0.25, 0.3) is 0 Å². The molecule has 1 aromatic rings. The Balaban J connectivity index is 2.71. The predicted molar refractivity (Wildman–Crippen MR) is 74.9 cm³/mol. The summed E-state index contributed by atoms with van der Waals surface area (Å²) in [5.74, 6) is 0. The highest BCUT2D eigenvalue weighted by Crippen LogP contribution is 2.10. The average molecular weight is 276 g/mol. The van der Waals surface area contributed by atoms with E-state index in [1.54, 1.807) is 26.8 Å². The van der Waals surface area contributed by atoms with Gasteiger partial charge in [0.2, 0.25) is 0 Å². The van der Waals surface area contributed by atoms with Crippen molar-refractivity contribution in [2.75, 3.05) is 0 Å². The van der Waals surface area contributed by atoms with E-state index in [1.165, 1.54) is 0 Å². The molecule has 0 saturated carbocycles. The summed E-state index contributed by atoms with van der Waals surface area (Å²) >= 11 is 0. The average Bonchev–Trinajstić information content (AvgIpc) is 2.36. The summed E-state index contributed by atoms with van der Waals surface area (Å²) in [7, 11) is 0. The first-order chi connectivity index (χ1) is 9.31. The lowest BCUT2D eigenvalue weighted by Crippen LogP contribution is -2.46. The van der Waals surface area contributed by atoms with Gasteiger partial charge in [-0.3, -0.25) is 0 Å².